The second-order valence-electron chi connectivity index (χ2n) is 12.2. The molecule has 2 saturated heterocycles. The number of benzene rings is 2. The number of carbonyl (C=O) groups excluding carboxylic acids is 2. The van der Waals surface area contributed by atoms with Gasteiger partial charge in [0.25, 0.3) is 5.91 Å². The number of nitrogens with zero attached hydrogens (tertiary/aromatic N) is 2. The van der Waals surface area contributed by atoms with Crippen molar-refractivity contribution in [1.29, 1.82) is 0 Å². The van der Waals surface area contributed by atoms with E-state index in [1.807, 2.05) is 18.7 Å². The van der Waals surface area contributed by atoms with Gasteiger partial charge in [0.15, 0.2) is 9.84 Å². The molecule has 0 spiro atoms. The van der Waals surface area contributed by atoms with Crippen molar-refractivity contribution in [3.05, 3.63) is 80.1 Å². The monoisotopic (exact) mass is 672 g/mol. The minimum atomic E-state index is -3.85. The number of sulfone groups is 1. The maximum atomic E-state index is 13.7. The highest BCUT2D eigenvalue weighted by molar-refractivity contribution is 7.90. The maximum Gasteiger partial charge on any atom is 0.256 e. The summed E-state index contributed by atoms with van der Waals surface area (Å²) in [5.41, 5.74) is 4.83. The average Bonchev–Trinajstić information content (AvgIpc) is 3.75. The van der Waals surface area contributed by atoms with Gasteiger partial charge in [-0.1, -0.05) is 29.3 Å². The van der Waals surface area contributed by atoms with Crippen LogP contribution in [0.3, 0.4) is 0 Å². The summed E-state index contributed by atoms with van der Waals surface area (Å²) in [6.45, 7) is 6.37. The molecule has 45 heavy (non-hydrogen) atoms. The first-order valence-electron chi connectivity index (χ1n) is 15.1. The van der Waals surface area contributed by atoms with Gasteiger partial charge in [0.05, 0.1) is 22.6 Å². The molecule has 12 heteroatoms. The highest BCUT2D eigenvalue weighted by atomic mass is 35.5. The van der Waals surface area contributed by atoms with E-state index in [4.69, 9.17) is 23.2 Å². The van der Waals surface area contributed by atoms with Crippen molar-refractivity contribution in [3.8, 4) is 0 Å². The molecule has 4 heterocycles. The average molecular weight is 674 g/mol. The minimum absolute atomic E-state index is 0.0373. The fourth-order valence-electron chi connectivity index (χ4n) is 6.67. The Bertz CT molecular complexity index is 1800. The number of likely N-dealkylation sites (tertiary alicyclic amines) is 2. The van der Waals surface area contributed by atoms with Crippen LogP contribution < -0.4 is 5.32 Å². The number of fused-ring (bicyclic) bond motifs is 1. The number of aromatic amines is 1. The first kappa shape index (κ1) is 31.8. The Kier molecular flexibility index (Phi) is 8.86. The Morgan fingerprint density at radius 3 is 2.56 bits per heavy atom. The molecule has 1 aromatic heterocycles. The van der Waals surface area contributed by atoms with Crippen LogP contribution in [0.25, 0.3) is 11.6 Å². The third-order valence-corrected chi connectivity index (χ3v) is 11.5. The summed E-state index contributed by atoms with van der Waals surface area (Å²) < 4.78 is 40.5. The van der Waals surface area contributed by atoms with Crippen molar-refractivity contribution in [2.45, 2.75) is 62.4 Å². The molecule has 0 saturated carbocycles. The lowest BCUT2D eigenvalue weighted by Crippen LogP contribution is -2.43. The molecule has 0 radical (unpaired) electrons. The number of hydrogen-bond donors (Lipinski definition) is 2. The standard InChI is InChI=1S/C33H35Cl2FN4O4S/c1-19-24(15-32(41)40-11-4-5-22(40)17-39-12-10-21(36)16-39)20(2)37-31(19)14-26-25-13-23(8-9-30(25)38-33(26)42)45(43,44)18-27-28(34)6-3-7-29(27)35/h3,6-9,13-14,21-22,37H,4-5,10-12,15-18H2,1-2H3,(H,38,42)/b26-14-/t21-,22+/m1/s1. The van der Waals surface area contributed by atoms with Crippen LogP contribution in [-0.4, -0.2) is 73.4 Å². The van der Waals surface area contributed by atoms with E-state index in [0.29, 0.717) is 54.1 Å². The third kappa shape index (κ3) is 6.43. The number of hydrogen-bond acceptors (Lipinski definition) is 5. The number of carbonyl (C=O) groups is 2. The van der Waals surface area contributed by atoms with Gasteiger partial charge in [0.1, 0.15) is 6.17 Å². The number of nitrogens with one attached hydrogen (secondary N) is 2. The fraction of sp³-hybridized carbons (Fsp3) is 0.394. The van der Waals surface area contributed by atoms with Gasteiger partial charge in [0.2, 0.25) is 5.91 Å². The summed E-state index contributed by atoms with van der Waals surface area (Å²) in [5.74, 6) is -0.700. The summed E-state index contributed by atoms with van der Waals surface area (Å²) in [6.07, 6.45) is 3.54. The number of aromatic nitrogens is 1. The van der Waals surface area contributed by atoms with Crippen LogP contribution in [0.1, 0.15) is 52.9 Å². The highest BCUT2D eigenvalue weighted by Crippen LogP contribution is 2.37. The predicted octanol–water partition coefficient (Wildman–Crippen LogP) is 5.98. The Morgan fingerprint density at radius 2 is 1.84 bits per heavy atom. The number of alkyl halides is 1. The van der Waals surface area contributed by atoms with Crippen LogP contribution >= 0.6 is 23.2 Å². The van der Waals surface area contributed by atoms with Gasteiger partial charge < -0.3 is 15.2 Å². The Hall–Kier alpha value is -3.18. The van der Waals surface area contributed by atoms with Gasteiger partial charge in [-0.15, -0.1) is 0 Å². The quantitative estimate of drug-likeness (QED) is 0.287. The first-order valence-corrected chi connectivity index (χ1v) is 17.5. The van der Waals surface area contributed by atoms with Crippen molar-refractivity contribution in [1.82, 2.24) is 14.8 Å². The molecule has 2 aromatic carbocycles. The molecule has 0 aliphatic carbocycles. The smallest absolute Gasteiger partial charge is 0.256 e. The van der Waals surface area contributed by atoms with Crippen molar-refractivity contribution < 1.29 is 22.4 Å². The van der Waals surface area contributed by atoms with E-state index < -0.39 is 16.0 Å². The summed E-state index contributed by atoms with van der Waals surface area (Å²) in [7, 11) is -3.85. The molecule has 3 aromatic rings. The lowest BCUT2D eigenvalue weighted by Gasteiger charge is -2.28. The molecule has 2 amide bonds. The summed E-state index contributed by atoms with van der Waals surface area (Å²) in [5, 5.41) is 3.34. The van der Waals surface area contributed by atoms with Crippen LogP contribution in [0.5, 0.6) is 0 Å². The topological polar surface area (TPSA) is 103 Å². The van der Waals surface area contributed by atoms with Crippen molar-refractivity contribution in [2.24, 2.45) is 0 Å². The van der Waals surface area contributed by atoms with E-state index in [2.05, 4.69) is 15.2 Å². The van der Waals surface area contributed by atoms with E-state index in [1.165, 1.54) is 12.1 Å². The lowest BCUT2D eigenvalue weighted by atomic mass is 10.0. The van der Waals surface area contributed by atoms with Crippen molar-refractivity contribution in [3.63, 3.8) is 0 Å². The number of amides is 2. The van der Waals surface area contributed by atoms with E-state index >= 15 is 0 Å². The highest BCUT2D eigenvalue weighted by Gasteiger charge is 2.33. The predicted molar refractivity (Wildman–Crippen MR) is 175 cm³/mol. The zero-order valence-electron chi connectivity index (χ0n) is 25.1. The summed E-state index contributed by atoms with van der Waals surface area (Å²) in [4.78, 5) is 34.0. The van der Waals surface area contributed by atoms with E-state index in [0.717, 1.165) is 36.2 Å². The SMILES string of the molecule is Cc1[nH]c(/C=C2\C(=O)Nc3ccc(S(=O)(=O)Cc4c(Cl)cccc4Cl)cc32)c(C)c1CC(=O)N1CCC[C@H]1CN1CC[C@@H](F)C1. The number of halogens is 3. The number of aryl methyl sites for hydroxylation is 1. The van der Waals surface area contributed by atoms with Crippen LogP contribution in [0.15, 0.2) is 41.3 Å². The van der Waals surface area contributed by atoms with Gasteiger partial charge in [-0.3, -0.25) is 14.5 Å². The van der Waals surface area contributed by atoms with E-state index in [1.54, 1.807) is 30.3 Å². The molecule has 6 rings (SSSR count). The third-order valence-electron chi connectivity index (χ3n) is 9.16. The second kappa shape index (κ2) is 12.5. The molecular weight excluding hydrogens is 638 g/mol. The van der Waals surface area contributed by atoms with Gasteiger partial charge in [-0.05, 0) is 80.6 Å². The Balaban J connectivity index is 1.23. The van der Waals surface area contributed by atoms with Crippen LogP contribution in [0.2, 0.25) is 10.0 Å². The van der Waals surface area contributed by atoms with Gasteiger partial charge in [-0.25, -0.2) is 12.8 Å². The molecule has 2 fully saturated rings. The second-order valence-corrected chi connectivity index (χ2v) is 15.0. The van der Waals surface area contributed by atoms with Crippen LogP contribution in [0.4, 0.5) is 10.1 Å². The molecule has 3 aliphatic rings. The zero-order chi connectivity index (χ0) is 32.0. The lowest BCUT2D eigenvalue weighted by molar-refractivity contribution is -0.131. The normalized spacial score (nSPS) is 21.1. The number of H-pyrrole nitrogens is 1. The molecule has 238 valence electrons. The summed E-state index contributed by atoms with van der Waals surface area (Å²) >= 11 is 12.5. The molecule has 2 atom stereocenters. The van der Waals surface area contributed by atoms with E-state index in [-0.39, 0.29) is 45.0 Å². The minimum Gasteiger partial charge on any atom is -0.359 e. The van der Waals surface area contributed by atoms with Gasteiger partial charge >= 0.3 is 0 Å². The van der Waals surface area contributed by atoms with Crippen molar-refractivity contribution >= 4 is 62.2 Å². The summed E-state index contributed by atoms with van der Waals surface area (Å²) in [6, 6.07) is 9.45. The Morgan fingerprint density at radius 1 is 1.09 bits per heavy atom. The zero-order valence-corrected chi connectivity index (χ0v) is 27.5. The van der Waals surface area contributed by atoms with Gasteiger partial charge in [-0.2, -0.15) is 0 Å². The number of anilines is 1. The number of rotatable bonds is 8. The molecular formula is C33H35Cl2FN4O4S. The molecule has 0 unspecified atom stereocenters. The fourth-order valence-corrected chi connectivity index (χ4v) is 8.79. The van der Waals surface area contributed by atoms with Crippen molar-refractivity contribution in [2.75, 3.05) is 31.5 Å². The molecule has 2 N–H and O–H groups in total. The molecule has 8 nitrogen and oxygen atoms in total. The van der Waals surface area contributed by atoms with Crippen LogP contribution in [-0.2, 0) is 31.6 Å². The Labute approximate surface area is 272 Å². The molecule has 3 aliphatic heterocycles. The molecule has 0 bridgehead atoms. The first-order chi connectivity index (χ1) is 21.4. The largest absolute Gasteiger partial charge is 0.359 e. The van der Waals surface area contributed by atoms with E-state index in [9.17, 15) is 22.4 Å². The maximum absolute atomic E-state index is 13.7. The van der Waals surface area contributed by atoms with Gasteiger partial charge in [0, 0.05) is 70.5 Å². The van der Waals surface area contributed by atoms with Crippen LogP contribution in [0, 0.1) is 13.8 Å².